The predicted octanol–water partition coefficient (Wildman–Crippen LogP) is 5.35. The fourth-order valence-corrected chi connectivity index (χ4v) is 4.55. The molecule has 1 aromatic heterocycles. The van der Waals surface area contributed by atoms with Crippen LogP contribution in [0.5, 0.6) is 23.0 Å². The van der Waals surface area contributed by atoms with Crippen molar-refractivity contribution in [3.8, 4) is 34.4 Å². The Morgan fingerprint density at radius 2 is 1.67 bits per heavy atom. The number of benzene rings is 3. The highest BCUT2D eigenvalue weighted by Gasteiger charge is 2.19. The number of hydrogen-bond acceptors (Lipinski definition) is 9. The van der Waals surface area contributed by atoms with E-state index in [2.05, 4.69) is 18.9 Å². The van der Waals surface area contributed by atoms with E-state index in [9.17, 15) is 9.59 Å². The summed E-state index contributed by atoms with van der Waals surface area (Å²) in [5, 5.41) is 5.04. The summed E-state index contributed by atoms with van der Waals surface area (Å²) in [6.45, 7) is 7.75. The Hall–Kier alpha value is -4.86. The molecular weight excluding hydrogens is 538 g/mol. The van der Waals surface area contributed by atoms with E-state index < -0.39 is 5.97 Å². The first-order valence-electron chi connectivity index (χ1n) is 13.5. The lowest BCUT2D eigenvalue weighted by atomic mass is 9.96. The number of carbonyl (C=O) groups is 1. The molecule has 3 aromatic carbocycles. The number of esters is 1. The van der Waals surface area contributed by atoms with Crippen molar-refractivity contribution < 1.29 is 28.5 Å². The van der Waals surface area contributed by atoms with Crippen molar-refractivity contribution in [2.45, 2.75) is 33.6 Å². The van der Waals surface area contributed by atoms with Crippen molar-refractivity contribution in [2.24, 2.45) is 5.10 Å². The van der Waals surface area contributed by atoms with Gasteiger partial charge in [0, 0.05) is 11.1 Å². The zero-order chi connectivity index (χ0) is 30.4. The third kappa shape index (κ3) is 6.22. The smallest absolute Gasteiger partial charge is 0.344 e. The van der Waals surface area contributed by atoms with Crippen LogP contribution in [0.4, 0.5) is 0 Å². The maximum atomic E-state index is 13.8. The molecule has 0 aliphatic heterocycles. The minimum absolute atomic E-state index is 0.174. The van der Waals surface area contributed by atoms with E-state index in [0.717, 1.165) is 22.4 Å². The molecule has 1 heterocycles. The number of para-hydroxylation sites is 1. The monoisotopic (exact) mass is 573 g/mol. The standard InChI is InChI=1S/C32H35N3O7/c1-8-41-29(36)18-42-30-27(39-6)14-21(15-28(30)40-7)17-33-35-31(34-25-12-10-9-11-22(25)32(35)37)24-16-23(19(2)3)26(38-5)13-20(24)4/h9-17,19H,8,18H2,1-7H3. The number of carbonyl (C=O) groups excluding carboxylic acids is 1. The molecule has 0 unspecified atom stereocenters. The summed E-state index contributed by atoms with van der Waals surface area (Å²) >= 11 is 0. The molecule has 0 amide bonds. The van der Waals surface area contributed by atoms with Crippen LogP contribution in [-0.2, 0) is 9.53 Å². The number of methoxy groups -OCH3 is 3. The van der Waals surface area contributed by atoms with Gasteiger partial charge in [0.2, 0.25) is 5.75 Å². The van der Waals surface area contributed by atoms with Crippen molar-refractivity contribution in [2.75, 3.05) is 34.5 Å². The van der Waals surface area contributed by atoms with Crippen LogP contribution in [0, 0.1) is 6.92 Å². The summed E-state index contributed by atoms with van der Waals surface area (Å²) in [6, 6.07) is 14.5. The molecule has 10 heteroatoms. The second-order valence-electron chi connectivity index (χ2n) is 9.73. The minimum Gasteiger partial charge on any atom is -0.496 e. The predicted molar refractivity (Wildman–Crippen MR) is 161 cm³/mol. The number of aryl methyl sites for hydroxylation is 1. The van der Waals surface area contributed by atoms with Crippen molar-refractivity contribution in [1.29, 1.82) is 0 Å². The highest BCUT2D eigenvalue weighted by molar-refractivity contribution is 5.84. The normalized spacial score (nSPS) is 11.2. The largest absolute Gasteiger partial charge is 0.496 e. The molecule has 4 aromatic rings. The zero-order valence-electron chi connectivity index (χ0n) is 24.9. The Labute approximate surface area is 244 Å². The number of fused-ring (bicyclic) bond motifs is 1. The molecule has 0 spiro atoms. The molecule has 0 saturated carbocycles. The fraction of sp³-hybridized carbons (Fsp3) is 0.312. The van der Waals surface area contributed by atoms with Crippen LogP contribution in [-0.4, -0.2) is 56.4 Å². The number of rotatable bonds is 11. The summed E-state index contributed by atoms with van der Waals surface area (Å²) in [7, 11) is 4.59. The summed E-state index contributed by atoms with van der Waals surface area (Å²) < 4.78 is 28.5. The molecular formula is C32H35N3O7. The van der Waals surface area contributed by atoms with Gasteiger partial charge in [0.05, 0.1) is 45.1 Å². The number of hydrogen-bond donors (Lipinski definition) is 0. The van der Waals surface area contributed by atoms with E-state index in [4.69, 9.17) is 28.7 Å². The number of nitrogens with zero attached hydrogens (tertiary/aromatic N) is 3. The topological polar surface area (TPSA) is 110 Å². The second-order valence-corrected chi connectivity index (χ2v) is 9.73. The van der Waals surface area contributed by atoms with Gasteiger partial charge < -0.3 is 23.7 Å². The number of ether oxygens (including phenoxy) is 5. The van der Waals surface area contributed by atoms with E-state index in [1.807, 2.05) is 25.1 Å². The molecule has 0 saturated heterocycles. The lowest BCUT2D eigenvalue weighted by Gasteiger charge is -2.17. The molecule has 0 atom stereocenters. The van der Waals surface area contributed by atoms with Crippen LogP contribution in [0.3, 0.4) is 0 Å². The van der Waals surface area contributed by atoms with Gasteiger partial charge in [-0.1, -0.05) is 26.0 Å². The molecule has 0 bridgehead atoms. The number of aromatic nitrogens is 2. The molecule has 0 N–H and O–H groups in total. The third-order valence-electron chi connectivity index (χ3n) is 6.64. The van der Waals surface area contributed by atoms with Gasteiger partial charge in [0.15, 0.2) is 23.9 Å². The van der Waals surface area contributed by atoms with Crippen LogP contribution >= 0.6 is 0 Å². The lowest BCUT2D eigenvalue weighted by molar-refractivity contribution is -0.145. The van der Waals surface area contributed by atoms with E-state index in [0.29, 0.717) is 33.8 Å². The molecule has 220 valence electrons. The molecule has 0 radical (unpaired) electrons. The van der Waals surface area contributed by atoms with Crippen LogP contribution in [0.25, 0.3) is 22.3 Å². The summed E-state index contributed by atoms with van der Waals surface area (Å²) in [4.78, 5) is 30.5. The molecule has 10 nitrogen and oxygen atoms in total. The molecule has 0 aliphatic carbocycles. The fourth-order valence-electron chi connectivity index (χ4n) is 4.55. The van der Waals surface area contributed by atoms with Crippen molar-refractivity contribution in [3.05, 3.63) is 75.6 Å². The van der Waals surface area contributed by atoms with Gasteiger partial charge in [0.25, 0.3) is 5.56 Å². The van der Waals surface area contributed by atoms with Gasteiger partial charge in [-0.3, -0.25) is 4.79 Å². The first-order chi connectivity index (χ1) is 20.2. The quantitative estimate of drug-likeness (QED) is 0.175. The summed E-state index contributed by atoms with van der Waals surface area (Å²) in [5.41, 5.74) is 3.45. The van der Waals surface area contributed by atoms with E-state index in [1.54, 1.807) is 44.4 Å². The van der Waals surface area contributed by atoms with Gasteiger partial charge in [-0.15, -0.1) is 0 Å². The van der Waals surface area contributed by atoms with Crippen molar-refractivity contribution >= 4 is 23.1 Å². The van der Waals surface area contributed by atoms with Gasteiger partial charge in [0.1, 0.15) is 5.75 Å². The Morgan fingerprint density at radius 3 is 2.29 bits per heavy atom. The summed E-state index contributed by atoms with van der Waals surface area (Å²) in [5.74, 6) is 1.70. The van der Waals surface area contributed by atoms with Gasteiger partial charge in [-0.05, 0) is 67.3 Å². The maximum Gasteiger partial charge on any atom is 0.344 e. The molecule has 0 aliphatic rings. The van der Waals surface area contributed by atoms with Crippen LogP contribution in [0.2, 0.25) is 0 Å². The zero-order valence-corrected chi connectivity index (χ0v) is 24.9. The van der Waals surface area contributed by atoms with Crippen LogP contribution in [0.1, 0.15) is 43.4 Å². The molecule has 0 fully saturated rings. The highest BCUT2D eigenvalue weighted by Crippen LogP contribution is 2.38. The van der Waals surface area contributed by atoms with E-state index >= 15 is 0 Å². The summed E-state index contributed by atoms with van der Waals surface area (Å²) in [6.07, 6.45) is 1.52. The van der Waals surface area contributed by atoms with Gasteiger partial charge >= 0.3 is 5.97 Å². The average molecular weight is 574 g/mol. The first kappa shape index (κ1) is 30.1. The van der Waals surface area contributed by atoms with Crippen molar-refractivity contribution in [1.82, 2.24) is 9.66 Å². The lowest BCUT2D eigenvalue weighted by Crippen LogP contribution is -2.21. The second kappa shape index (κ2) is 13.2. The minimum atomic E-state index is -0.516. The Morgan fingerprint density at radius 1 is 1.00 bits per heavy atom. The van der Waals surface area contributed by atoms with E-state index in [1.165, 1.54) is 25.1 Å². The van der Waals surface area contributed by atoms with Crippen LogP contribution in [0.15, 0.2) is 58.4 Å². The van der Waals surface area contributed by atoms with Gasteiger partial charge in [-0.25, -0.2) is 9.78 Å². The van der Waals surface area contributed by atoms with Crippen LogP contribution < -0.4 is 24.5 Å². The van der Waals surface area contributed by atoms with Gasteiger partial charge in [-0.2, -0.15) is 9.78 Å². The SMILES string of the molecule is CCOC(=O)COc1c(OC)cc(C=Nn2c(-c3cc(C(C)C)c(OC)cc3C)nc3ccccc3c2=O)cc1OC. The maximum absolute atomic E-state index is 13.8. The average Bonchev–Trinajstić information content (AvgIpc) is 2.99. The molecule has 42 heavy (non-hydrogen) atoms. The highest BCUT2D eigenvalue weighted by atomic mass is 16.6. The Bertz CT molecular complexity index is 1670. The Kier molecular flexibility index (Phi) is 9.46. The first-order valence-corrected chi connectivity index (χ1v) is 13.5. The van der Waals surface area contributed by atoms with Crippen molar-refractivity contribution in [3.63, 3.8) is 0 Å². The Balaban J connectivity index is 1.86. The third-order valence-corrected chi connectivity index (χ3v) is 6.64. The van der Waals surface area contributed by atoms with E-state index in [-0.39, 0.29) is 30.4 Å². The molecule has 4 rings (SSSR count).